The van der Waals surface area contributed by atoms with Gasteiger partial charge in [-0.3, -0.25) is 10.9 Å². The molecule has 0 spiro atoms. The van der Waals surface area contributed by atoms with Gasteiger partial charge >= 0.3 is 0 Å². The lowest BCUT2D eigenvalue weighted by atomic mass is 10.3. The van der Waals surface area contributed by atoms with E-state index >= 15 is 0 Å². The molecular weight excluding hydrogens is 442 g/mol. The van der Waals surface area contributed by atoms with Crippen molar-refractivity contribution < 1.29 is 0 Å². The number of benzene rings is 2. The minimum absolute atomic E-state index is 0.353. The summed E-state index contributed by atoms with van der Waals surface area (Å²) in [5.74, 6) is 0. The molecule has 0 atom stereocenters. The number of azo groups is 1. The molecule has 9 nitrogen and oxygen atoms in total. The van der Waals surface area contributed by atoms with E-state index in [1.54, 1.807) is 7.05 Å². The predicted molar refractivity (Wildman–Crippen MR) is 142 cm³/mol. The van der Waals surface area contributed by atoms with Gasteiger partial charge in [-0.2, -0.15) is 20.4 Å². The van der Waals surface area contributed by atoms with Gasteiger partial charge in [0, 0.05) is 32.5 Å². The van der Waals surface area contributed by atoms with Gasteiger partial charge in [-0.05, 0) is 86.8 Å². The zero-order valence-corrected chi connectivity index (χ0v) is 20.3. The second-order valence-electron chi connectivity index (χ2n) is 6.81. The molecule has 0 aromatic heterocycles. The van der Waals surface area contributed by atoms with Gasteiger partial charge in [0.1, 0.15) is 0 Å². The lowest BCUT2D eigenvalue weighted by molar-refractivity contribution is 0.974. The van der Waals surface area contributed by atoms with Gasteiger partial charge in [0.15, 0.2) is 10.2 Å². The van der Waals surface area contributed by atoms with Crippen LogP contribution in [-0.4, -0.2) is 42.8 Å². The molecule has 0 unspecified atom stereocenters. The van der Waals surface area contributed by atoms with Crippen LogP contribution in [0.2, 0.25) is 0 Å². The van der Waals surface area contributed by atoms with E-state index < -0.39 is 0 Å². The van der Waals surface area contributed by atoms with E-state index in [1.165, 1.54) is 0 Å². The van der Waals surface area contributed by atoms with Gasteiger partial charge in [-0.25, -0.2) is 0 Å². The van der Waals surface area contributed by atoms with Crippen molar-refractivity contribution in [2.24, 2.45) is 20.4 Å². The van der Waals surface area contributed by atoms with E-state index in [1.807, 2.05) is 81.4 Å². The molecule has 2 rings (SSSR count). The number of hydrogen-bond acceptors (Lipinski definition) is 7. The summed E-state index contributed by atoms with van der Waals surface area (Å²) in [6.45, 7) is 3.62. The molecule has 0 heterocycles. The highest BCUT2D eigenvalue weighted by molar-refractivity contribution is 7.80. The van der Waals surface area contributed by atoms with Gasteiger partial charge in [0.2, 0.25) is 0 Å². The Morgan fingerprint density at radius 3 is 1.69 bits per heavy atom. The van der Waals surface area contributed by atoms with Crippen LogP contribution in [0.5, 0.6) is 0 Å². The molecule has 4 N–H and O–H groups in total. The molecule has 0 bridgehead atoms. The first kappa shape index (κ1) is 24.8. The summed E-state index contributed by atoms with van der Waals surface area (Å²) < 4.78 is 0. The van der Waals surface area contributed by atoms with Crippen molar-refractivity contribution in [1.29, 1.82) is 0 Å². The minimum Gasteiger partial charge on any atom is -0.378 e. The maximum Gasteiger partial charge on any atom is 0.191 e. The number of anilines is 2. The first-order chi connectivity index (χ1) is 15.3. The van der Waals surface area contributed by atoms with E-state index in [0.29, 0.717) is 21.6 Å². The SMILES string of the molecule is CNC(=S)NN=C(C)C(C)=NNC(=S)Nc1ccc(N=Nc2ccc(N(C)C)cc2)cc1. The number of nitrogens with zero attached hydrogens (tertiary/aromatic N) is 5. The standard InChI is InChI=1S/C21H27N9S2/c1-14(24-28-20(31)22-3)15(2)25-29-21(32)23-16-6-8-17(9-7-16)26-27-18-10-12-19(13-11-18)30(4)5/h6-13H,1-5H3,(H2,22,28,31)(H2,23,29,32). The third-order valence-electron chi connectivity index (χ3n) is 4.17. The minimum atomic E-state index is 0.353. The predicted octanol–water partition coefficient (Wildman–Crippen LogP) is 4.30. The topological polar surface area (TPSA) is 101 Å². The molecule has 0 aliphatic rings. The first-order valence-corrected chi connectivity index (χ1v) is 10.5. The Morgan fingerprint density at radius 1 is 0.750 bits per heavy atom. The summed E-state index contributed by atoms with van der Waals surface area (Å²) in [6.07, 6.45) is 0. The number of hydrazone groups is 2. The summed E-state index contributed by atoms with van der Waals surface area (Å²) in [5.41, 5.74) is 10.3. The molecule has 0 radical (unpaired) electrons. The van der Waals surface area contributed by atoms with Crippen LogP contribution in [0.3, 0.4) is 0 Å². The fourth-order valence-corrected chi connectivity index (χ4v) is 2.40. The van der Waals surface area contributed by atoms with E-state index in [9.17, 15) is 0 Å². The van der Waals surface area contributed by atoms with Crippen molar-refractivity contribution >= 4 is 68.8 Å². The van der Waals surface area contributed by atoms with Crippen LogP contribution in [0.25, 0.3) is 0 Å². The molecule has 0 amide bonds. The van der Waals surface area contributed by atoms with Crippen molar-refractivity contribution in [1.82, 2.24) is 16.2 Å². The Hall–Kier alpha value is -3.44. The van der Waals surface area contributed by atoms with Crippen LogP contribution in [-0.2, 0) is 0 Å². The fraction of sp³-hybridized carbons (Fsp3) is 0.238. The summed E-state index contributed by atoms with van der Waals surface area (Å²) in [4.78, 5) is 2.03. The normalized spacial score (nSPS) is 11.8. The monoisotopic (exact) mass is 469 g/mol. The summed E-state index contributed by atoms with van der Waals surface area (Å²) in [5, 5.41) is 23.5. The Balaban J connectivity index is 1.88. The van der Waals surface area contributed by atoms with E-state index in [-0.39, 0.29) is 0 Å². The fourth-order valence-electron chi connectivity index (χ4n) is 2.19. The Bertz CT molecular complexity index is 1010. The zero-order valence-electron chi connectivity index (χ0n) is 18.7. The highest BCUT2D eigenvalue weighted by Gasteiger charge is 2.01. The highest BCUT2D eigenvalue weighted by Crippen LogP contribution is 2.22. The molecule has 32 heavy (non-hydrogen) atoms. The highest BCUT2D eigenvalue weighted by atomic mass is 32.1. The summed E-state index contributed by atoms with van der Waals surface area (Å²) >= 11 is 10.3. The van der Waals surface area contributed by atoms with Crippen LogP contribution in [0.4, 0.5) is 22.7 Å². The smallest absolute Gasteiger partial charge is 0.191 e. The summed E-state index contributed by atoms with van der Waals surface area (Å²) in [7, 11) is 5.71. The maximum absolute atomic E-state index is 5.28. The van der Waals surface area contributed by atoms with Crippen molar-refractivity contribution in [2.75, 3.05) is 31.4 Å². The van der Waals surface area contributed by atoms with Gasteiger partial charge in [-0.1, -0.05) is 0 Å². The van der Waals surface area contributed by atoms with E-state index in [2.05, 4.69) is 41.9 Å². The molecule has 11 heteroatoms. The second kappa shape index (κ2) is 12.4. The molecule has 168 valence electrons. The quantitative estimate of drug-likeness (QED) is 0.208. The van der Waals surface area contributed by atoms with Crippen LogP contribution in [0, 0.1) is 0 Å². The molecule has 2 aromatic rings. The molecule has 0 saturated heterocycles. The number of hydrogen-bond donors (Lipinski definition) is 4. The zero-order chi connectivity index (χ0) is 23.5. The van der Waals surface area contributed by atoms with E-state index in [4.69, 9.17) is 24.4 Å². The van der Waals surface area contributed by atoms with E-state index in [0.717, 1.165) is 22.7 Å². The molecule has 0 fully saturated rings. The van der Waals surface area contributed by atoms with Crippen molar-refractivity contribution in [2.45, 2.75) is 13.8 Å². The Labute approximate surface area is 199 Å². The molecule has 0 aliphatic heterocycles. The Morgan fingerprint density at radius 2 is 1.22 bits per heavy atom. The Kier molecular flexibility index (Phi) is 9.64. The molecule has 0 aliphatic carbocycles. The number of thiocarbonyl (C=S) groups is 2. The first-order valence-electron chi connectivity index (χ1n) is 9.71. The maximum atomic E-state index is 5.28. The van der Waals surface area contributed by atoms with Crippen molar-refractivity contribution in [3.8, 4) is 0 Å². The number of rotatable bonds is 7. The lowest BCUT2D eigenvalue weighted by Crippen LogP contribution is -2.30. The van der Waals surface area contributed by atoms with Crippen LogP contribution < -0.4 is 26.4 Å². The van der Waals surface area contributed by atoms with Crippen molar-refractivity contribution in [3.63, 3.8) is 0 Å². The third-order valence-corrected chi connectivity index (χ3v) is 4.66. The van der Waals surface area contributed by atoms with Crippen LogP contribution >= 0.6 is 24.4 Å². The molecular formula is C21H27N9S2. The second-order valence-corrected chi connectivity index (χ2v) is 7.63. The van der Waals surface area contributed by atoms with Crippen LogP contribution in [0.15, 0.2) is 69.0 Å². The van der Waals surface area contributed by atoms with Gasteiger partial charge in [0.25, 0.3) is 0 Å². The van der Waals surface area contributed by atoms with Gasteiger partial charge in [-0.15, -0.1) is 0 Å². The van der Waals surface area contributed by atoms with Crippen molar-refractivity contribution in [3.05, 3.63) is 48.5 Å². The largest absolute Gasteiger partial charge is 0.378 e. The lowest BCUT2D eigenvalue weighted by Gasteiger charge is -2.11. The molecule has 2 aromatic carbocycles. The average molecular weight is 470 g/mol. The van der Waals surface area contributed by atoms with Gasteiger partial charge in [0.05, 0.1) is 22.8 Å². The van der Waals surface area contributed by atoms with Crippen LogP contribution in [0.1, 0.15) is 13.8 Å². The summed E-state index contributed by atoms with van der Waals surface area (Å²) in [6, 6.07) is 15.3. The number of nitrogens with one attached hydrogen (secondary N) is 4. The average Bonchev–Trinajstić information content (AvgIpc) is 2.80. The molecule has 0 saturated carbocycles. The van der Waals surface area contributed by atoms with Gasteiger partial charge < -0.3 is 15.5 Å². The third kappa shape index (κ3) is 8.36.